The van der Waals surface area contributed by atoms with Gasteiger partial charge in [0.2, 0.25) is 0 Å². The summed E-state index contributed by atoms with van der Waals surface area (Å²) in [6.07, 6.45) is 2.95. The number of nitrogens with zero attached hydrogens (tertiary/aromatic N) is 1. The molecule has 0 N–H and O–H groups in total. The quantitative estimate of drug-likeness (QED) is 0.752. The molecule has 0 aromatic carbocycles. The van der Waals surface area contributed by atoms with Crippen LogP contribution in [0.15, 0.2) is 16.7 Å². The molecule has 86 valence electrons. The maximum Gasteiger partial charge on any atom is 0.105 e. The highest BCUT2D eigenvalue weighted by Gasteiger charge is 2.10. The van der Waals surface area contributed by atoms with Gasteiger partial charge in [0.25, 0.3) is 0 Å². The van der Waals surface area contributed by atoms with Crippen molar-refractivity contribution in [1.29, 1.82) is 0 Å². The lowest BCUT2D eigenvalue weighted by Crippen LogP contribution is -2.26. The molecule has 0 amide bonds. The van der Waals surface area contributed by atoms with Gasteiger partial charge in [-0.05, 0) is 31.7 Å². The maximum atomic E-state index is 5.28. The van der Waals surface area contributed by atoms with E-state index in [2.05, 4.69) is 31.5 Å². The summed E-state index contributed by atoms with van der Waals surface area (Å²) in [6.45, 7) is 6.30. The van der Waals surface area contributed by atoms with Gasteiger partial charge < -0.3 is 9.32 Å². The van der Waals surface area contributed by atoms with Crippen molar-refractivity contribution >= 4 is 12.6 Å². The lowest BCUT2D eigenvalue weighted by molar-refractivity contribution is 0.276. The molecule has 0 aliphatic rings. The van der Waals surface area contributed by atoms with Crippen molar-refractivity contribution < 1.29 is 4.42 Å². The normalized spacial score (nSPS) is 13.4. The largest absolute Gasteiger partial charge is 0.469 e. The van der Waals surface area contributed by atoms with E-state index in [9.17, 15) is 0 Å². The Morgan fingerprint density at radius 2 is 2.27 bits per heavy atom. The first-order valence-electron chi connectivity index (χ1n) is 5.49. The molecule has 0 aliphatic heterocycles. The van der Waals surface area contributed by atoms with Crippen LogP contribution >= 0.6 is 12.6 Å². The minimum atomic E-state index is 0.686. The zero-order chi connectivity index (χ0) is 11.3. The molecular weight excluding hydrogens is 206 g/mol. The first-order chi connectivity index (χ1) is 7.17. The van der Waals surface area contributed by atoms with Crippen molar-refractivity contribution in [3.63, 3.8) is 0 Å². The number of thiol groups is 1. The third kappa shape index (κ3) is 3.92. The van der Waals surface area contributed by atoms with Gasteiger partial charge in [-0.25, -0.2) is 0 Å². The molecule has 2 nitrogen and oxygen atoms in total. The number of hydrogen-bond acceptors (Lipinski definition) is 3. The van der Waals surface area contributed by atoms with Gasteiger partial charge in [-0.2, -0.15) is 12.6 Å². The van der Waals surface area contributed by atoms with Crippen LogP contribution in [0.25, 0.3) is 0 Å². The fraction of sp³-hybridized carbons (Fsp3) is 0.667. The van der Waals surface area contributed by atoms with Crippen LogP contribution in [-0.2, 0) is 6.54 Å². The molecule has 0 radical (unpaired) electrons. The van der Waals surface area contributed by atoms with Crippen molar-refractivity contribution in [2.24, 2.45) is 5.92 Å². The molecule has 1 aromatic rings. The summed E-state index contributed by atoms with van der Waals surface area (Å²) >= 11 is 4.36. The fourth-order valence-electron chi connectivity index (χ4n) is 1.69. The Labute approximate surface area is 98.1 Å². The van der Waals surface area contributed by atoms with Crippen LogP contribution in [0.2, 0.25) is 0 Å². The second-order valence-corrected chi connectivity index (χ2v) is 4.52. The molecule has 0 aliphatic carbocycles. The zero-order valence-electron chi connectivity index (χ0n) is 9.86. The van der Waals surface area contributed by atoms with E-state index >= 15 is 0 Å². The Morgan fingerprint density at radius 3 is 2.73 bits per heavy atom. The molecule has 0 spiro atoms. The summed E-state index contributed by atoms with van der Waals surface area (Å²) < 4.78 is 5.28. The molecule has 1 unspecified atom stereocenters. The topological polar surface area (TPSA) is 16.4 Å². The van der Waals surface area contributed by atoms with E-state index in [1.165, 1.54) is 12.0 Å². The van der Waals surface area contributed by atoms with E-state index in [0.29, 0.717) is 5.92 Å². The fourth-order valence-corrected chi connectivity index (χ4v) is 2.06. The lowest BCUT2D eigenvalue weighted by atomic mass is 10.1. The second kappa shape index (κ2) is 6.23. The standard InChI is InChI=1S/C12H21NOS/c1-4-11(9-15)7-13(3)8-12-5-6-14-10(12)2/h5-6,11,15H,4,7-9H2,1-3H3. The van der Waals surface area contributed by atoms with Crippen LogP contribution in [-0.4, -0.2) is 24.2 Å². The average molecular weight is 227 g/mol. The third-order valence-electron chi connectivity index (χ3n) is 2.81. The summed E-state index contributed by atoms with van der Waals surface area (Å²) in [5, 5.41) is 0. The lowest BCUT2D eigenvalue weighted by Gasteiger charge is -2.21. The van der Waals surface area contributed by atoms with Crippen LogP contribution in [0, 0.1) is 12.8 Å². The minimum absolute atomic E-state index is 0.686. The molecule has 1 heterocycles. The molecule has 1 aromatic heterocycles. The summed E-state index contributed by atoms with van der Waals surface area (Å²) in [4.78, 5) is 2.34. The molecule has 3 heteroatoms. The van der Waals surface area contributed by atoms with E-state index in [1.54, 1.807) is 6.26 Å². The SMILES string of the molecule is CCC(CS)CN(C)Cc1ccoc1C. The average Bonchev–Trinajstić information content (AvgIpc) is 2.61. The maximum absolute atomic E-state index is 5.28. The van der Waals surface area contributed by atoms with E-state index in [0.717, 1.165) is 24.6 Å². The first kappa shape index (κ1) is 12.7. The van der Waals surface area contributed by atoms with Crippen molar-refractivity contribution in [3.8, 4) is 0 Å². The predicted molar refractivity (Wildman–Crippen MR) is 67.4 cm³/mol. The van der Waals surface area contributed by atoms with E-state index in [1.807, 2.05) is 13.0 Å². The Kier molecular flexibility index (Phi) is 5.26. The summed E-state index contributed by atoms with van der Waals surface area (Å²) in [6, 6.07) is 2.05. The number of furan rings is 1. The molecule has 0 saturated carbocycles. The third-order valence-corrected chi connectivity index (χ3v) is 3.33. The molecule has 0 bridgehead atoms. The van der Waals surface area contributed by atoms with Crippen LogP contribution in [0.3, 0.4) is 0 Å². The molecule has 15 heavy (non-hydrogen) atoms. The zero-order valence-corrected chi connectivity index (χ0v) is 10.8. The monoisotopic (exact) mass is 227 g/mol. The van der Waals surface area contributed by atoms with Gasteiger partial charge >= 0.3 is 0 Å². The highest BCUT2D eigenvalue weighted by atomic mass is 32.1. The van der Waals surface area contributed by atoms with Gasteiger partial charge in [-0.3, -0.25) is 0 Å². The summed E-state index contributed by atoms with van der Waals surface area (Å²) in [5.74, 6) is 2.68. The number of hydrogen-bond donors (Lipinski definition) is 1. The predicted octanol–water partition coefficient (Wildman–Crippen LogP) is 2.98. The molecule has 0 fully saturated rings. The van der Waals surface area contributed by atoms with Gasteiger partial charge in [-0.15, -0.1) is 0 Å². The molecule has 1 rings (SSSR count). The number of aryl methyl sites for hydroxylation is 1. The minimum Gasteiger partial charge on any atom is -0.469 e. The van der Waals surface area contributed by atoms with Gasteiger partial charge in [-0.1, -0.05) is 13.3 Å². The van der Waals surface area contributed by atoms with Gasteiger partial charge in [0.15, 0.2) is 0 Å². The van der Waals surface area contributed by atoms with E-state index in [4.69, 9.17) is 4.42 Å². The molecule has 0 saturated heterocycles. The van der Waals surface area contributed by atoms with Crippen LogP contribution < -0.4 is 0 Å². The van der Waals surface area contributed by atoms with E-state index in [-0.39, 0.29) is 0 Å². The second-order valence-electron chi connectivity index (χ2n) is 4.16. The van der Waals surface area contributed by atoms with Crippen LogP contribution in [0.4, 0.5) is 0 Å². The molecular formula is C12H21NOS. The van der Waals surface area contributed by atoms with Gasteiger partial charge in [0.1, 0.15) is 5.76 Å². The Balaban J connectivity index is 2.42. The van der Waals surface area contributed by atoms with Crippen LogP contribution in [0.1, 0.15) is 24.7 Å². The Bertz CT molecular complexity index is 281. The van der Waals surface area contributed by atoms with E-state index < -0.39 is 0 Å². The first-order valence-corrected chi connectivity index (χ1v) is 6.13. The Hall–Kier alpha value is -0.410. The van der Waals surface area contributed by atoms with Crippen molar-refractivity contribution in [1.82, 2.24) is 4.90 Å². The van der Waals surface area contributed by atoms with Gasteiger partial charge in [0, 0.05) is 18.7 Å². The number of rotatable bonds is 6. The van der Waals surface area contributed by atoms with Crippen LogP contribution in [0.5, 0.6) is 0 Å². The highest BCUT2D eigenvalue weighted by molar-refractivity contribution is 7.80. The smallest absolute Gasteiger partial charge is 0.105 e. The summed E-state index contributed by atoms with van der Waals surface area (Å²) in [5.41, 5.74) is 1.28. The van der Waals surface area contributed by atoms with Gasteiger partial charge in [0.05, 0.1) is 6.26 Å². The Morgan fingerprint density at radius 1 is 1.53 bits per heavy atom. The summed E-state index contributed by atoms with van der Waals surface area (Å²) in [7, 11) is 2.15. The van der Waals surface area contributed by atoms with Crippen molar-refractivity contribution in [3.05, 3.63) is 23.7 Å². The van der Waals surface area contributed by atoms with Crippen molar-refractivity contribution in [2.75, 3.05) is 19.3 Å². The highest BCUT2D eigenvalue weighted by Crippen LogP contribution is 2.13. The molecule has 1 atom stereocenters. The van der Waals surface area contributed by atoms with Crippen molar-refractivity contribution in [2.45, 2.75) is 26.8 Å².